The molecule has 0 amide bonds. The number of anilines is 2. The zero-order valence-corrected chi connectivity index (χ0v) is 24.4. The molecule has 1 heterocycles. The predicted octanol–water partition coefficient (Wildman–Crippen LogP) is 8.75. The Morgan fingerprint density at radius 3 is 2.06 bits per heavy atom. The van der Waals surface area contributed by atoms with Crippen molar-refractivity contribution in [3.8, 4) is 22.6 Å². The standard InChI is InChI=1S/C26H28NO2P.C4H9I/c1-28-22-15-10-16-23(29-2)24(22)20-13-9-14-21-25(20)30(3)26(17-7-8-18-26)27(21)19-11-5-4-6-12-19;1-2-3-4-5/h4-6,9-16H,7-8,17-18H2,1-3H3;2-4H2,1H3. The number of alkyl halides is 1. The van der Waals surface area contributed by atoms with Crippen LogP contribution in [0.25, 0.3) is 11.1 Å². The van der Waals surface area contributed by atoms with Gasteiger partial charge in [0, 0.05) is 11.0 Å². The highest BCUT2D eigenvalue weighted by atomic mass is 127. The molecule has 1 saturated carbocycles. The van der Waals surface area contributed by atoms with Gasteiger partial charge in [-0.25, -0.2) is 0 Å². The third-order valence-corrected chi connectivity index (χ3v) is 11.0. The molecule has 5 rings (SSSR count). The normalized spacial score (nSPS) is 17.6. The molecule has 0 aromatic heterocycles. The number of rotatable bonds is 6. The summed E-state index contributed by atoms with van der Waals surface area (Å²) in [5, 5.41) is 1.67. The molecule has 0 saturated heterocycles. The predicted molar refractivity (Wildman–Crippen MR) is 161 cm³/mol. The summed E-state index contributed by atoms with van der Waals surface area (Å²) < 4.78 is 12.9. The third-order valence-electron chi connectivity index (χ3n) is 7.23. The lowest BCUT2D eigenvalue weighted by Gasteiger charge is -2.40. The molecule has 5 heteroatoms. The second-order valence-corrected chi connectivity index (χ2v) is 12.6. The van der Waals surface area contributed by atoms with Crippen LogP contribution < -0.4 is 19.7 Å². The summed E-state index contributed by atoms with van der Waals surface area (Å²) in [6.07, 6.45) is 7.82. The highest BCUT2D eigenvalue weighted by molar-refractivity contribution is 14.1. The van der Waals surface area contributed by atoms with E-state index in [4.69, 9.17) is 9.47 Å². The Bertz CT molecular complexity index is 1090. The summed E-state index contributed by atoms with van der Waals surface area (Å²) in [6, 6.07) is 23.7. The Labute approximate surface area is 226 Å². The van der Waals surface area contributed by atoms with Crippen LogP contribution in [-0.2, 0) is 0 Å². The zero-order chi connectivity index (χ0) is 24.8. The molecule has 1 spiro atoms. The fourth-order valence-corrected chi connectivity index (χ4v) is 9.31. The van der Waals surface area contributed by atoms with Crippen LogP contribution in [0, 0.1) is 0 Å². The van der Waals surface area contributed by atoms with Crippen LogP contribution in [0.1, 0.15) is 45.4 Å². The lowest BCUT2D eigenvalue weighted by atomic mass is 10.0. The van der Waals surface area contributed by atoms with Gasteiger partial charge in [0.25, 0.3) is 0 Å². The van der Waals surface area contributed by atoms with Gasteiger partial charge in [0.05, 0.1) is 30.8 Å². The zero-order valence-electron chi connectivity index (χ0n) is 21.4. The summed E-state index contributed by atoms with van der Waals surface area (Å²) >= 11 is 2.39. The topological polar surface area (TPSA) is 21.7 Å². The van der Waals surface area contributed by atoms with Gasteiger partial charge < -0.3 is 14.4 Å². The van der Waals surface area contributed by atoms with E-state index in [1.54, 1.807) is 14.2 Å². The molecule has 1 aliphatic carbocycles. The number of benzene rings is 3. The molecule has 1 atom stereocenters. The van der Waals surface area contributed by atoms with Crippen molar-refractivity contribution in [1.29, 1.82) is 0 Å². The average molecular weight is 602 g/mol. The number of hydrogen-bond donors (Lipinski definition) is 0. The maximum absolute atomic E-state index is 5.78. The highest BCUT2D eigenvalue weighted by Crippen LogP contribution is 2.66. The molecule has 1 unspecified atom stereocenters. The molecular formula is C30H37INO2P. The second kappa shape index (κ2) is 12.0. The lowest BCUT2D eigenvalue weighted by molar-refractivity contribution is 0.397. The second-order valence-electron chi connectivity index (χ2n) is 9.17. The van der Waals surface area contributed by atoms with E-state index in [0.29, 0.717) is 0 Å². The van der Waals surface area contributed by atoms with Crippen molar-refractivity contribution in [2.45, 2.75) is 50.7 Å². The van der Waals surface area contributed by atoms with Crippen LogP contribution >= 0.6 is 30.5 Å². The van der Waals surface area contributed by atoms with E-state index in [0.717, 1.165) is 17.1 Å². The van der Waals surface area contributed by atoms with Crippen LogP contribution in [0.3, 0.4) is 0 Å². The van der Waals surface area contributed by atoms with Crippen LogP contribution in [0.15, 0.2) is 66.7 Å². The van der Waals surface area contributed by atoms with Gasteiger partial charge in [-0.15, -0.1) is 0 Å². The molecule has 1 aliphatic heterocycles. The summed E-state index contributed by atoms with van der Waals surface area (Å²) in [5.74, 6) is 1.73. The number of hydrogen-bond acceptors (Lipinski definition) is 3. The van der Waals surface area contributed by atoms with Crippen molar-refractivity contribution < 1.29 is 9.47 Å². The van der Waals surface area contributed by atoms with Crippen LogP contribution in [0.4, 0.5) is 11.4 Å². The van der Waals surface area contributed by atoms with Crippen molar-refractivity contribution in [1.82, 2.24) is 0 Å². The monoisotopic (exact) mass is 601 g/mol. The first kappa shape index (κ1) is 26.3. The van der Waals surface area contributed by atoms with Crippen molar-refractivity contribution in [2.75, 3.05) is 30.2 Å². The van der Waals surface area contributed by atoms with Crippen LogP contribution in [0.5, 0.6) is 11.5 Å². The molecular weight excluding hydrogens is 564 g/mol. The van der Waals surface area contributed by atoms with E-state index in [2.05, 4.69) is 89.6 Å². The van der Waals surface area contributed by atoms with E-state index in [1.165, 1.54) is 65.2 Å². The van der Waals surface area contributed by atoms with E-state index >= 15 is 0 Å². The molecule has 2 aliphatic rings. The summed E-state index contributed by atoms with van der Waals surface area (Å²) in [5.41, 5.74) is 4.97. The molecule has 1 fully saturated rings. The van der Waals surface area contributed by atoms with Crippen molar-refractivity contribution >= 4 is 47.2 Å². The third kappa shape index (κ3) is 4.93. The van der Waals surface area contributed by atoms with Crippen LogP contribution in [-0.4, -0.2) is 30.6 Å². The SMILES string of the molecule is CCCCI.COc1cccc(OC)c1-c1cccc2c1P(C)C1(CCCC1)N2c1ccccc1. The maximum Gasteiger partial charge on any atom is 0.130 e. The van der Waals surface area contributed by atoms with Crippen molar-refractivity contribution in [3.63, 3.8) is 0 Å². The van der Waals surface area contributed by atoms with Gasteiger partial charge in [-0.05, 0) is 74.2 Å². The number of para-hydroxylation sites is 1. The molecule has 3 aromatic rings. The number of fused-ring (bicyclic) bond motifs is 1. The summed E-state index contributed by atoms with van der Waals surface area (Å²) in [4.78, 5) is 2.66. The minimum Gasteiger partial charge on any atom is -0.496 e. The van der Waals surface area contributed by atoms with Gasteiger partial charge in [0.1, 0.15) is 11.5 Å². The fourth-order valence-electron chi connectivity index (χ4n) is 5.56. The highest BCUT2D eigenvalue weighted by Gasteiger charge is 2.52. The maximum atomic E-state index is 5.78. The lowest BCUT2D eigenvalue weighted by Crippen LogP contribution is -2.38. The molecule has 3 nitrogen and oxygen atoms in total. The van der Waals surface area contributed by atoms with Gasteiger partial charge in [0.2, 0.25) is 0 Å². The smallest absolute Gasteiger partial charge is 0.130 e. The average Bonchev–Trinajstić information content (AvgIpc) is 3.48. The number of halogens is 1. The Hall–Kier alpha value is -1.78. The first-order valence-electron chi connectivity index (χ1n) is 12.6. The molecule has 35 heavy (non-hydrogen) atoms. The molecule has 0 N–H and O–H groups in total. The Morgan fingerprint density at radius 1 is 0.886 bits per heavy atom. The summed E-state index contributed by atoms with van der Waals surface area (Å²) in [7, 11) is 3.09. The Kier molecular flexibility index (Phi) is 8.99. The number of ether oxygens (including phenoxy) is 2. The van der Waals surface area contributed by atoms with Crippen molar-refractivity contribution in [3.05, 3.63) is 66.7 Å². The van der Waals surface area contributed by atoms with Gasteiger partial charge >= 0.3 is 0 Å². The van der Waals surface area contributed by atoms with Gasteiger partial charge in [-0.1, -0.05) is 85.2 Å². The molecule has 0 bridgehead atoms. The molecule has 0 radical (unpaired) electrons. The number of unbranched alkanes of at least 4 members (excludes halogenated alkanes) is 1. The quantitative estimate of drug-likeness (QED) is 0.160. The van der Waals surface area contributed by atoms with E-state index in [9.17, 15) is 0 Å². The Balaban J connectivity index is 0.000000527. The first-order chi connectivity index (χ1) is 17.1. The fraction of sp³-hybridized carbons (Fsp3) is 0.400. The minimum absolute atomic E-state index is 0.199. The van der Waals surface area contributed by atoms with E-state index < -0.39 is 7.92 Å². The van der Waals surface area contributed by atoms with E-state index in [1.807, 2.05) is 18.2 Å². The molecule has 186 valence electrons. The minimum atomic E-state index is -0.394. The van der Waals surface area contributed by atoms with Crippen molar-refractivity contribution in [2.24, 2.45) is 0 Å². The van der Waals surface area contributed by atoms with E-state index in [-0.39, 0.29) is 5.28 Å². The van der Waals surface area contributed by atoms with Gasteiger partial charge in [-0.2, -0.15) is 0 Å². The van der Waals surface area contributed by atoms with Crippen LogP contribution in [0.2, 0.25) is 0 Å². The Morgan fingerprint density at radius 2 is 1.51 bits per heavy atom. The van der Waals surface area contributed by atoms with Gasteiger partial charge in [-0.3, -0.25) is 0 Å². The number of methoxy groups -OCH3 is 2. The number of nitrogens with zero attached hydrogens (tertiary/aromatic N) is 1. The van der Waals surface area contributed by atoms with Gasteiger partial charge in [0.15, 0.2) is 0 Å². The molecule has 3 aromatic carbocycles. The first-order valence-corrected chi connectivity index (χ1v) is 15.9. The summed E-state index contributed by atoms with van der Waals surface area (Å²) in [6.45, 7) is 4.69. The largest absolute Gasteiger partial charge is 0.496 e.